The number of aryl methyl sites for hydroxylation is 1. The van der Waals surface area contributed by atoms with Gasteiger partial charge in [0.25, 0.3) is 10.0 Å². The van der Waals surface area contributed by atoms with Crippen LogP contribution in [0, 0.1) is 18.6 Å². The summed E-state index contributed by atoms with van der Waals surface area (Å²) in [5, 5.41) is 0. The van der Waals surface area contributed by atoms with E-state index < -0.39 is 32.2 Å². The molecule has 8 heteroatoms. The third-order valence-corrected chi connectivity index (χ3v) is 4.05. The van der Waals surface area contributed by atoms with Crippen molar-refractivity contribution in [2.45, 2.75) is 11.8 Å². The van der Waals surface area contributed by atoms with E-state index in [-0.39, 0.29) is 5.69 Å². The van der Waals surface area contributed by atoms with Crippen LogP contribution < -0.4 is 10.5 Å². The van der Waals surface area contributed by atoms with Gasteiger partial charge in [-0.25, -0.2) is 17.2 Å². The van der Waals surface area contributed by atoms with Gasteiger partial charge in [0.1, 0.15) is 16.4 Å². The molecule has 0 unspecified atom stereocenters. The zero-order chi connectivity index (χ0) is 14.9. The number of hydrogen-bond acceptors (Lipinski definition) is 4. The van der Waals surface area contributed by atoms with Crippen molar-refractivity contribution in [3.05, 3.63) is 47.8 Å². The minimum atomic E-state index is -4.22. The first-order valence-corrected chi connectivity index (χ1v) is 6.98. The van der Waals surface area contributed by atoms with Crippen LogP contribution in [0.2, 0.25) is 0 Å². The van der Waals surface area contributed by atoms with Crippen molar-refractivity contribution in [3.63, 3.8) is 0 Å². The van der Waals surface area contributed by atoms with Crippen molar-refractivity contribution in [2.75, 3.05) is 10.5 Å². The van der Waals surface area contributed by atoms with Gasteiger partial charge in [-0.2, -0.15) is 0 Å². The fourth-order valence-corrected chi connectivity index (χ4v) is 2.73. The van der Waals surface area contributed by atoms with Crippen LogP contribution in [-0.2, 0) is 10.0 Å². The molecule has 0 aliphatic heterocycles. The van der Waals surface area contributed by atoms with Gasteiger partial charge in [-0.05, 0) is 30.7 Å². The van der Waals surface area contributed by atoms with Gasteiger partial charge in [-0.15, -0.1) is 0 Å². The lowest BCUT2D eigenvalue weighted by atomic mass is 10.3. The Morgan fingerprint density at radius 3 is 2.60 bits per heavy atom. The topological polar surface area (TPSA) is 85.1 Å². The molecule has 20 heavy (non-hydrogen) atoms. The number of nitrogens with two attached hydrogens (primary N) is 1. The van der Waals surface area contributed by atoms with Crippen LogP contribution in [0.25, 0.3) is 0 Å². The monoisotopic (exact) mass is 299 g/mol. The van der Waals surface area contributed by atoms with Gasteiger partial charge in [-0.1, -0.05) is 0 Å². The molecule has 0 spiro atoms. The standard InChI is InChI=1S/C12H11F2N3O2S/c1-7-4-5-16-6-9(7)17-20(18,19)10-3-2-8(13)12(15)11(10)14/h2-6,17H,15H2,1H3. The lowest BCUT2D eigenvalue weighted by molar-refractivity contribution is 0.557. The molecule has 0 aliphatic carbocycles. The van der Waals surface area contributed by atoms with Gasteiger partial charge in [0, 0.05) is 6.20 Å². The Kier molecular flexibility index (Phi) is 3.58. The van der Waals surface area contributed by atoms with E-state index in [4.69, 9.17) is 5.73 Å². The number of benzene rings is 1. The number of hydrogen-bond donors (Lipinski definition) is 2. The third kappa shape index (κ3) is 2.55. The van der Waals surface area contributed by atoms with Gasteiger partial charge in [0.15, 0.2) is 5.82 Å². The quantitative estimate of drug-likeness (QED) is 0.849. The second-order valence-electron chi connectivity index (χ2n) is 4.07. The Hall–Kier alpha value is -2.22. The van der Waals surface area contributed by atoms with E-state index in [0.717, 1.165) is 12.1 Å². The van der Waals surface area contributed by atoms with Crippen LogP contribution in [0.4, 0.5) is 20.2 Å². The van der Waals surface area contributed by atoms with Crippen LogP contribution >= 0.6 is 0 Å². The molecule has 5 nitrogen and oxygen atoms in total. The number of nitrogens with one attached hydrogen (secondary N) is 1. The molecule has 0 saturated carbocycles. The fraction of sp³-hybridized carbons (Fsp3) is 0.0833. The SMILES string of the molecule is Cc1ccncc1NS(=O)(=O)c1ccc(F)c(N)c1F. The molecule has 1 heterocycles. The lowest BCUT2D eigenvalue weighted by Gasteiger charge is -2.11. The molecular formula is C12H11F2N3O2S. The van der Waals surface area contributed by atoms with Gasteiger partial charge in [0.2, 0.25) is 0 Å². The summed E-state index contributed by atoms with van der Waals surface area (Å²) >= 11 is 0. The minimum Gasteiger partial charge on any atom is -0.394 e. The summed E-state index contributed by atoms with van der Waals surface area (Å²) in [4.78, 5) is 3.05. The Morgan fingerprint density at radius 1 is 1.25 bits per heavy atom. The molecule has 3 N–H and O–H groups in total. The summed E-state index contributed by atoms with van der Waals surface area (Å²) in [5.41, 5.74) is 5.12. The van der Waals surface area contributed by atoms with E-state index in [2.05, 4.69) is 9.71 Å². The highest BCUT2D eigenvalue weighted by molar-refractivity contribution is 7.92. The number of rotatable bonds is 3. The number of nitrogens with zero attached hydrogens (tertiary/aromatic N) is 1. The molecule has 0 saturated heterocycles. The number of pyridine rings is 1. The summed E-state index contributed by atoms with van der Waals surface area (Å²) in [6, 6.07) is 3.20. The van der Waals surface area contributed by atoms with Crippen LogP contribution in [0.3, 0.4) is 0 Å². The molecule has 1 aromatic carbocycles. The molecule has 0 fully saturated rings. The molecule has 2 rings (SSSR count). The first kappa shape index (κ1) is 14.2. The Morgan fingerprint density at radius 2 is 1.95 bits per heavy atom. The zero-order valence-corrected chi connectivity index (χ0v) is 11.2. The molecule has 1 aromatic heterocycles. The molecule has 2 aromatic rings. The highest BCUT2D eigenvalue weighted by Gasteiger charge is 2.23. The van der Waals surface area contributed by atoms with Crippen molar-refractivity contribution in [1.29, 1.82) is 0 Å². The van der Waals surface area contributed by atoms with Crippen LogP contribution in [0.1, 0.15) is 5.56 Å². The van der Waals surface area contributed by atoms with E-state index in [1.54, 1.807) is 13.0 Å². The van der Waals surface area contributed by atoms with Crippen LogP contribution in [0.5, 0.6) is 0 Å². The molecule has 0 amide bonds. The first-order chi connectivity index (χ1) is 9.33. The van der Waals surface area contributed by atoms with Crippen LogP contribution in [0.15, 0.2) is 35.5 Å². The van der Waals surface area contributed by atoms with Crippen LogP contribution in [-0.4, -0.2) is 13.4 Å². The lowest BCUT2D eigenvalue weighted by Crippen LogP contribution is -2.16. The average molecular weight is 299 g/mol. The number of nitrogen functional groups attached to an aromatic ring is 1. The van der Waals surface area contributed by atoms with Gasteiger partial charge < -0.3 is 5.73 Å². The van der Waals surface area contributed by atoms with E-state index >= 15 is 0 Å². The largest absolute Gasteiger partial charge is 0.394 e. The van der Waals surface area contributed by atoms with Crippen molar-refractivity contribution < 1.29 is 17.2 Å². The molecule has 0 radical (unpaired) electrons. The van der Waals surface area contributed by atoms with Crippen molar-refractivity contribution >= 4 is 21.4 Å². The Bertz CT molecular complexity index is 763. The maximum atomic E-state index is 13.8. The average Bonchev–Trinajstić information content (AvgIpc) is 2.38. The molecular weight excluding hydrogens is 288 g/mol. The predicted octanol–water partition coefficient (Wildman–Crippen LogP) is 2.05. The highest BCUT2D eigenvalue weighted by atomic mass is 32.2. The predicted molar refractivity (Wildman–Crippen MR) is 70.6 cm³/mol. The normalized spacial score (nSPS) is 11.3. The summed E-state index contributed by atoms with van der Waals surface area (Å²) < 4.78 is 53.2. The Labute approximate surface area is 114 Å². The molecule has 0 bridgehead atoms. The maximum Gasteiger partial charge on any atom is 0.264 e. The van der Waals surface area contributed by atoms with Gasteiger partial charge in [-0.3, -0.25) is 9.71 Å². The van der Waals surface area contributed by atoms with Crippen molar-refractivity contribution in [3.8, 4) is 0 Å². The fourth-order valence-electron chi connectivity index (χ4n) is 1.53. The highest BCUT2D eigenvalue weighted by Crippen LogP contribution is 2.25. The van der Waals surface area contributed by atoms with Crippen molar-refractivity contribution in [1.82, 2.24) is 4.98 Å². The Balaban J connectivity index is 2.47. The van der Waals surface area contributed by atoms with E-state index in [9.17, 15) is 17.2 Å². The van der Waals surface area contributed by atoms with E-state index in [1.807, 2.05) is 0 Å². The number of sulfonamides is 1. The molecule has 0 atom stereocenters. The van der Waals surface area contributed by atoms with E-state index in [1.165, 1.54) is 12.4 Å². The number of anilines is 2. The third-order valence-electron chi connectivity index (χ3n) is 2.66. The second kappa shape index (κ2) is 5.04. The number of halogens is 2. The smallest absolute Gasteiger partial charge is 0.264 e. The van der Waals surface area contributed by atoms with E-state index in [0.29, 0.717) is 5.56 Å². The maximum absolute atomic E-state index is 13.8. The van der Waals surface area contributed by atoms with Crippen molar-refractivity contribution in [2.24, 2.45) is 0 Å². The molecule has 0 aliphatic rings. The summed E-state index contributed by atoms with van der Waals surface area (Å²) in [6.07, 6.45) is 2.78. The minimum absolute atomic E-state index is 0.204. The summed E-state index contributed by atoms with van der Waals surface area (Å²) in [5.74, 6) is -2.34. The summed E-state index contributed by atoms with van der Waals surface area (Å²) in [6.45, 7) is 1.66. The molecule has 106 valence electrons. The van der Waals surface area contributed by atoms with Gasteiger partial charge >= 0.3 is 0 Å². The summed E-state index contributed by atoms with van der Waals surface area (Å²) in [7, 11) is -4.22. The zero-order valence-electron chi connectivity index (χ0n) is 10.4. The first-order valence-electron chi connectivity index (χ1n) is 5.50. The number of aromatic nitrogens is 1. The second-order valence-corrected chi connectivity index (χ2v) is 5.72. The van der Waals surface area contributed by atoms with Gasteiger partial charge in [0.05, 0.1) is 11.9 Å².